The van der Waals surface area contributed by atoms with E-state index in [2.05, 4.69) is 89.8 Å². The maximum atomic E-state index is 4.18. The lowest BCUT2D eigenvalue weighted by Gasteiger charge is -2.21. The molecule has 124 valence electrons. The molecule has 3 nitrogen and oxygen atoms in total. The molecule has 0 aliphatic carbocycles. The second kappa shape index (κ2) is 6.44. The topological polar surface area (TPSA) is 40.7 Å². The van der Waals surface area contributed by atoms with Gasteiger partial charge in [0.05, 0.1) is 6.04 Å². The van der Waals surface area contributed by atoms with Crippen LogP contribution in [-0.4, -0.2) is 9.97 Å². The maximum absolute atomic E-state index is 4.18. The van der Waals surface area contributed by atoms with Crippen LogP contribution in [0.4, 0.5) is 5.69 Å². The zero-order valence-corrected chi connectivity index (χ0v) is 14.5. The summed E-state index contributed by atoms with van der Waals surface area (Å²) in [5, 5.41) is 4.96. The van der Waals surface area contributed by atoms with Crippen LogP contribution in [0.25, 0.3) is 10.9 Å². The molecule has 0 saturated carbocycles. The summed E-state index contributed by atoms with van der Waals surface area (Å²) in [6.45, 7) is 4.24. The molecular formula is C22H21N3. The van der Waals surface area contributed by atoms with Gasteiger partial charge in [0, 0.05) is 40.2 Å². The van der Waals surface area contributed by atoms with Crippen LogP contribution in [0.15, 0.2) is 73.1 Å². The van der Waals surface area contributed by atoms with Gasteiger partial charge in [-0.15, -0.1) is 0 Å². The van der Waals surface area contributed by atoms with E-state index in [1.54, 1.807) is 0 Å². The normalized spacial score (nSPS) is 12.2. The van der Waals surface area contributed by atoms with Crippen LogP contribution in [0.2, 0.25) is 0 Å². The van der Waals surface area contributed by atoms with Gasteiger partial charge in [-0.1, -0.05) is 35.9 Å². The van der Waals surface area contributed by atoms with E-state index >= 15 is 0 Å². The van der Waals surface area contributed by atoms with Crippen molar-refractivity contribution < 1.29 is 0 Å². The highest BCUT2D eigenvalue weighted by Gasteiger charge is 2.20. The number of aromatic nitrogens is 2. The molecule has 0 fully saturated rings. The summed E-state index contributed by atoms with van der Waals surface area (Å²) in [4.78, 5) is 7.69. The highest BCUT2D eigenvalue weighted by Crippen LogP contribution is 2.34. The number of aromatic amines is 1. The molecular weight excluding hydrogens is 306 g/mol. The molecule has 0 amide bonds. The molecule has 0 unspecified atom stereocenters. The fraction of sp³-hybridized carbons (Fsp3) is 0.136. The Morgan fingerprint density at radius 1 is 0.880 bits per heavy atom. The quantitative estimate of drug-likeness (QED) is 0.528. The number of anilines is 1. The number of hydrogen-bond acceptors (Lipinski definition) is 2. The first kappa shape index (κ1) is 15.5. The van der Waals surface area contributed by atoms with Gasteiger partial charge in [-0.2, -0.15) is 0 Å². The first-order valence-electron chi connectivity index (χ1n) is 8.53. The number of H-pyrrole nitrogens is 1. The zero-order chi connectivity index (χ0) is 17.2. The van der Waals surface area contributed by atoms with Crippen molar-refractivity contribution in [2.75, 3.05) is 5.32 Å². The summed E-state index contributed by atoms with van der Waals surface area (Å²) in [6, 6.07) is 21.2. The van der Waals surface area contributed by atoms with E-state index in [0.717, 1.165) is 5.69 Å². The van der Waals surface area contributed by atoms with E-state index in [1.165, 1.54) is 33.3 Å². The summed E-state index contributed by atoms with van der Waals surface area (Å²) in [5.74, 6) is 0. The van der Waals surface area contributed by atoms with Crippen molar-refractivity contribution in [3.63, 3.8) is 0 Å². The minimum atomic E-state index is 0.0573. The average Bonchev–Trinajstić information content (AvgIpc) is 2.98. The van der Waals surface area contributed by atoms with E-state index in [4.69, 9.17) is 0 Å². The maximum Gasteiger partial charge on any atom is 0.0791 e. The Bertz CT molecular complexity index is 985. The van der Waals surface area contributed by atoms with Crippen LogP contribution in [0.1, 0.15) is 28.4 Å². The van der Waals surface area contributed by atoms with Gasteiger partial charge >= 0.3 is 0 Å². The first-order valence-corrected chi connectivity index (χ1v) is 8.53. The van der Waals surface area contributed by atoms with Gasteiger partial charge in [0.15, 0.2) is 0 Å². The number of fused-ring (bicyclic) bond motifs is 1. The smallest absolute Gasteiger partial charge is 0.0791 e. The molecule has 4 rings (SSSR count). The monoisotopic (exact) mass is 327 g/mol. The van der Waals surface area contributed by atoms with E-state index in [-0.39, 0.29) is 6.04 Å². The highest BCUT2D eigenvalue weighted by molar-refractivity contribution is 5.86. The average molecular weight is 327 g/mol. The highest BCUT2D eigenvalue weighted by atomic mass is 14.9. The van der Waals surface area contributed by atoms with Crippen molar-refractivity contribution in [1.82, 2.24) is 9.97 Å². The Hall–Kier alpha value is -3.07. The number of para-hydroxylation sites is 1. The molecule has 2 aromatic heterocycles. The van der Waals surface area contributed by atoms with Gasteiger partial charge in [-0.3, -0.25) is 4.98 Å². The van der Waals surface area contributed by atoms with Crippen LogP contribution < -0.4 is 5.32 Å². The lowest BCUT2D eigenvalue weighted by atomic mass is 9.96. The molecule has 2 heterocycles. The molecule has 25 heavy (non-hydrogen) atoms. The summed E-state index contributed by atoms with van der Waals surface area (Å²) >= 11 is 0. The standard InChI is InChI=1S/C22H21N3/c1-15-7-9-18(10-8-15)25-22(17-11-13-23-14-12-17)21-16(2)24-20-6-4-3-5-19(20)21/h3-14,22,24-25H,1-2H3/t22-/m1/s1. The Balaban J connectivity index is 1.85. The van der Waals surface area contributed by atoms with Crippen LogP contribution in [0.3, 0.4) is 0 Å². The molecule has 1 atom stereocenters. The van der Waals surface area contributed by atoms with Gasteiger partial charge < -0.3 is 10.3 Å². The molecule has 0 aliphatic rings. The third-order valence-electron chi connectivity index (χ3n) is 4.63. The third-order valence-corrected chi connectivity index (χ3v) is 4.63. The third kappa shape index (κ3) is 3.01. The largest absolute Gasteiger partial charge is 0.374 e. The first-order chi connectivity index (χ1) is 12.2. The summed E-state index contributed by atoms with van der Waals surface area (Å²) in [5.41, 5.74) is 7.19. The van der Waals surface area contributed by atoms with Crippen molar-refractivity contribution in [3.05, 3.63) is 95.4 Å². The Morgan fingerprint density at radius 3 is 2.36 bits per heavy atom. The number of hydrogen-bond donors (Lipinski definition) is 2. The van der Waals surface area contributed by atoms with Crippen molar-refractivity contribution in [3.8, 4) is 0 Å². The molecule has 0 saturated heterocycles. The van der Waals surface area contributed by atoms with Crippen LogP contribution in [0, 0.1) is 13.8 Å². The number of benzene rings is 2. The fourth-order valence-corrected chi connectivity index (χ4v) is 3.36. The van der Waals surface area contributed by atoms with E-state index in [1.807, 2.05) is 12.4 Å². The van der Waals surface area contributed by atoms with Gasteiger partial charge in [0.25, 0.3) is 0 Å². The SMILES string of the molecule is Cc1ccc(N[C@H](c2ccncc2)c2c(C)[nH]c3ccccc23)cc1. The molecule has 3 heteroatoms. The van der Waals surface area contributed by atoms with Gasteiger partial charge in [-0.05, 0) is 49.7 Å². The van der Waals surface area contributed by atoms with Crippen molar-refractivity contribution >= 4 is 16.6 Å². The fourth-order valence-electron chi connectivity index (χ4n) is 3.36. The molecule has 0 aliphatic heterocycles. The lowest BCUT2D eigenvalue weighted by molar-refractivity contribution is 0.928. The van der Waals surface area contributed by atoms with Crippen molar-refractivity contribution in [2.45, 2.75) is 19.9 Å². The Labute approximate surface area is 147 Å². The summed E-state index contributed by atoms with van der Waals surface area (Å²) < 4.78 is 0. The lowest BCUT2D eigenvalue weighted by Crippen LogP contribution is -2.13. The van der Waals surface area contributed by atoms with Gasteiger partial charge in [-0.25, -0.2) is 0 Å². The summed E-state index contributed by atoms with van der Waals surface area (Å²) in [6.07, 6.45) is 3.70. The Kier molecular flexibility index (Phi) is 3.98. The number of pyridine rings is 1. The zero-order valence-electron chi connectivity index (χ0n) is 14.5. The molecule has 2 N–H and O–H groups in total. The number of nitrogens with one attached hydrogen (secondary N) is 2. The number of rotatable bonds is 4. The Morgan fingerprint density at radius 2 is 1.60 bits per heavy atom. The number of nitrogens with zero attached hydrogens (tertiary/aromatic N) is 1. The predicted octanol–water partition coefficient (Wildman–Crippen LogP) is 5.38. The van der Waals surface area contributed by atoms with Crippen LogP contribution in [-0.2, 0) is 0 Å². The number of aryl methyl sites for hydroxylation is 2. The van der Waals surface area contributed by atoms with Crippen LogP contribution >= 0.6 is 0 Å². The van der Waals surface area contributed by atoms with Crippen molar-refractivity contribution in [2.24, 2.45) is 0 Å². The summed E-state index contributed by atoms with van der Waals surface area (Å²) in [7, 11) is 0. The van der Waals surface area contributed by atoms with Crippen molar-refractivity contribution in [1.29, 1.82) is 0 Å². The minimum absolute atomic E-state index is 0.0573. The second-order valence-corrected chi connectivity index (χ2v) is 6.43. The predicted molar refractivity (Wildman–Crippen MR) is 104 cm³/mol. The molecule has 0 radical (unpaired) electrons. The van der Waals surface area contributed by atoms with E-state index < -0.39 is 0 Å². The molecule has 0 bridgehead atoms. The molecule has 2 aromatic carbocycles. The minimum Gasteiger partial charge on any atom is -0.374 e. The molecule has 4 aromatic rings. The van der Waals surface area contributed by atoms with Gasteiger partial charge in [0.2, 0.25) is 0 Å². The second-order valence-electron chi connectivity index (χ2n) is 6.43. The molecule has 0 spiro atoms. The van der Waals surface area contributed by atoms with Crippen LogP contribution in [0.5, 0.6) is 0 Å². The van der Waals surface area contributed by atoms with E-state index in [0.29, 0.717) is 0 Å². The van der Waals surface area contributed by atoms with Gasteiger partial charge in [0.1, 0.15) is 0 Å². The van der Waals surface area contributed by atoms with E-state index in [9.17, 15) is 0 Å².